The lowest BCUT2D eigenvalue weighted by Gasteiger charge is -2.12. The van der Waals surface area contributed by atoms with Gasteiger partial charge in [0, 0.05) is 18.6 Å². The van der Waals surface area contributed by atoms with Crippen LogP contribution >= 0.6 is 11.8 Å². The number of thioether (sulfide) groups is 1. The molecule has 0 saturated carbocycles. The Morgan fingerprint density at radius 2 is 2.19 bits per heavy atom. The van der Waals surface area contributed by atoms with Crippen LogP contribution in [0.3, 0.4) is 0 Å². The van der Waals surface area contributed by atoms with Crippen LogP contribution in [-0.2, 0) is 5.75 Å². The first-order chi connectivity index (χ1) is 7.81. The van der Waals surface area contributed by atoms with Crippen molar-refractivity contribution in [1.82, 2.24) is 9.78 Å². The average Bonchev–Trinajstić information content (AvgIpc) is 2.75. The van der Waals surface area contributed by atoms with E-state index < -0.39 is 0 Å². The molecule has 16 heavy (non-hydrogen) atoms. The smallest absolute Gasteiger partial charge is 0.0723 e. The maximum Gasteiger partial charge on any atom is 0.0723 e. The van der Waals surface area contributed by atoms with E-state index in [2.05, 4.69) is 35.9 Å². The highest BCUT2D eigenvalue weighted by Crippen LogP contribution is 2.17. The molecule has 1 rings (SSSR count). The molecule has 0 aliphatic heterocycles. The van der Waals surface area contributed by atoms with Crippen LogP contribution in [0.25, 0.3) is 0 Å². The molecule has 92 valence electrons. The molecular weight excluding hydrogens is 220 g/mol. The summed E-state index contributed by atoms with van der Waals surface area (Å²) in [5.74, 6) is 1.96. The third-order valence-electron chi connectivity index (χ3n) is 2.68. The van der Waals surface area contributed by atoms with Crippen molar-refractivity contribution in [3.63, 3.8) is 0 Å². The number of nitrogens with zero attached hydrogens (tertiary/aromatic N) is 2. The molecule has 3 nitrogen and oxygen atoms in total. The zero-order valence-corrected chi connectivity index (χ0v) is 11.0. The molecule has 0 atom stereocenters. The van der Waals surface area contributed by atoms with Gasteiger partial charge in [-0.1, -0.05) is 13.8 Å². The minimum atomic E-state index is 0.287. The summed E-state index contributed by atoms with van der Waals surface area (Å²) in [6.07, 6.45) is 5.22. The zero-order chi connectivity index (χ0) is 11.8. The zero-order valence-electron chi connectivity index (χ0n) is 10.2. The molecule has 0 aromatic carbocycles. The Labute approximate surface area is 102 Å². The normalized spacial score (nSPS) is 11.2. The van der Waals surface area contributed by atoms with E-state index >= 15 is 0 Å². The van der Waals surface area contributed by atoms with Gasteiger partial charge in [-0.2, -0.15) is 16.9 Å². The average molecular weight is 242 g/mol. The molecule has 0 saturated heterocycles. The van der Waals surface area contributed by atoms with E-state index in [9.17, 15) is 0 Å². The predicted molar refractivity (Wildman–Crippen MR) is 69.7 cm³/mol. The first kappa shape index (κ1) is 13.6. The first-order valence-corrected chi connectivity index (χ1v) is 7.19. The van der Waals surface area contributed by atoms with Crippen molar-refractivity contribution in [3.05, 3.63) is 18.0 Å². The van der Waals surface area contributed by atoms with Crippen LogP contribution in [0.1, 0.15) is 44.8 Å². The highest BCUT2D eigenvalue weighted by atomic mass is 32.2. The van der Waals surface area contributed by atoms with Gasteiger partial charge in [-0.15, -0.1) is 0 Å². The second-order valence-electron chi connectivity index (χ2n) is 3.89. The van der Waals surface area contributed by atoms with Gasteiger partial charge < -0.3 is 5.11 Å². The Morgan fingerprint density at radius 1 is 1.44 bits per heavy atom. The lowest BCUT2D eigenvalue weighted by molar-refractivity contribution is 0.296. The lowest BCUT2D eigenvalue weighted by atomic mass is 10.2. The minimum absolute atomic E-state index is 0.287. The van der Waals surface area contributed by atoms with Crippen molar-refractivity contribution in [2.75, 3.05) is 12.4 Å². The molecule has 0 amide bonds. The molecule has 0 aliphatic carbocycles. The summed E-state index contributed by atoms with van der Waals surface area (Å²) in [6, 6.07) is 2.64. The van der Waals surface area contributed by atoms with Gasteiger partial charge in [0.2, 0.25) is 0 Å². The third-order valence-corrected chi connectivity index (χ3v) is 3.75. The fourth-order valence-electron chi connectivity index (χ4n) is 1.66. The van der Waals surface area contributed by atoms with Crippen molar-refractivity contribution < 1.29 is 5.11 Å². The minimum Gasteiger partial charge on any atom is -0.396 e. The Hall–Kier alpha value is -0.480. The van der Waals surface area contributed by atoms with E-state index in [1.54, 1.807) is 0 Å². The standard InChI is InChI=1S/C12H22N2OS/c1-3-12(4-2)14-7-6-11(13-14)10-16-9-5-8-15/h6-7,12,15H,3-5,8-10H2,1-2H3. The van der Waals surface area contributed by atoms with Gasteiger partial charge in [0.1, 0.15) is 0 Å². The van der Waals surface area contributed by atoms with Crippen LogP contribution in [0.2, 0.25) is 0 Å². The van der Waals surface area contributed by atoms with Gasteiger partial charge in [-0.3, -0.25) is 4.68 Å². The molecule has 1 aromatic heterocycles. The quantitative estimate of drug-likeness (QED) is 0.712. The monoisotopic (exact) mass is 242 g/mol. The van der Waals surface area contributed by atoms with Crippen molar-refractivity contribution in [3.8, 4) is 0 Å². The van der Waals surface area contributed by atoms with Crippen molar-refractivity contribution in [2.24, 2.45) is 0 Å². The maximum absolute atomic E-state index is 8.67. The van der Waals surface area contributed by atoms with Gasteiger partial charge in [0.15, 0.2) is 0 Å². The molecule has 1 aromatic rings. The second-order valence-corrected chi connectivity index (χ2v) is 4.99. The summed E-state index contributed by atoms with van der Waals surface area (Å²) in [4.78, 5) is 0. The number of hydrogen-bond donors (Lipinski definition) is 1. The molecular formula is C12H22N2OS. The molecule has 0 unspecified atom stereocenters. The highest BCUT2D eigenvalue weighted by Gasteiger charge is 2.07. The van der Waals surface area contributed by atoms with Crippen LogP contribution in [0.5, 0.6) is 0 Å². The molecule has 0 fully saturated rings. The fourth-order valence-corrected chi connectivity index (χ4v) is 2.50. The lowest BCUT2D eigenvalue weighted by Crippen LogP contribution is -2.07. The van der Waals surface area contributed by atoms with E-state index in [-0.39, 0.29) is 6.61 Å². The van der Waals surface area contributed by atoms with Crippen LogP contribution < -0.4 is 0 Å². The largest absolute Gasteiger partial charge is 0.396 e. The maximum atomic E-state index is 8.67. The van der Waals surface area contributed by atoms with Crippen molar-refractivity contribution in [2.45, 2.75) is 44.9 Å². The summed E-state index contributed by atoms with van der Waals surface area (Å²) >= 11 is 1.84. The summed E-state index contributed by atoms with van der Waals surface area (Å²) < 4.78 is 2.09. The summed E-state index contributed by atoms with van der Waals surface area (Å²) in [5.41, 5.74) is 1.15. The SMILES string of the molecule is CCC(CC)n1ccc(CSCCCO)n1. The number of rotatable bonds is 8. The summed E-state index contributed by atoms with van der Waals surface area (Å²) in [7, 11) is 0. The summed E-state index contributed by atoms with van der Waals surface area (Å²) in [5, 5.41) is 13.3. The van der Waals surface area contributed by atoms with Gasteiger partial charge in [0.25, 0.3) is 0 Å². The Morgan fingerprint density at radius 3 is 2.81 bits per heavy atom. The summed E-state index contributed by atoms with van der Waals surface area (Å²) in [6.45, 7) is 4.69. The number of aliphatic hydroxyl groups is 1. The van der Waals surface area contributed by atoms with E-state index in [0.717, 1.165) is 36.5 Å². The van der Waals surface area contributed by atoms with Crippen LogP contribution in [0, 0.1) is 0 Å². The van der Waals surface area contributed by atoms with Crippen LogP contribution in [0.4, 0.5) is 0 Å². The third kappa shape index (κ3) is 4.18. The molecule has 4 heteroatoms. The van der Waals surface area contributed by atoms with E-state index in [1.807, 2.05) is 11.8 Å². The molecule has 1 N–H and O–H groups in total. The van der Waals surface area contributed by atoms with Crippen LogP contribution in [0.15, 0.2) is 12.3 Å². The Bertz CT molecular complexity index is 284. The second kappa shape index (κ2) is 7.74. The first-order valence-electron chi connectivity index (χ1n) is 6.04. The van der Waals surface area contributed by atoms with Crippen molar-refractivity contribution in [1.29, 1.82) is 0 Å². The fraction of sp³-hybridized carbons (Fsp3) is 0.750. The van der Waals surface area contributed by atoms with Gasteiger partial charge in [-0.05, 0) is 31.1 Å². The van der Waals surface area contributed by atoms with Gasteiger partial charge in [0.05, 0.1) is 11.7 Å². The predicted octanol–water partition coefficient (Wildman–Crippen LogP) is 2.86. The molecule has 0 aliphatic rings. The topological polar surface area (TPSA) is 38.0 Å². The molecule has 0 spiro atoms. The molecule has 0 bridgehead atoms. The molecule has 0 radical (unpaired) electrons. The number of hydrogen-bond acceptors (Lipinski definition) is 3. The Balaban J connectivity index is 2.38. The Kier molecular flexibility index (Phi) is 6.57. The van der Waals surface area contributed by atoms with E-state index in [4.69, 9.17) is 5.11 Å². The van der Waals surface area contributed by atoms with Gasteiger partial charge in [-0.25, -0.2) is 0 Å². The highest BCUT2D eigenvalue weighted by molar-refractivity contribution is 7.98. The van der Waals surface area contributed by atoms with Gasteiger partial charge >= 0.3 is 0 Å². The van der Waals surface area contributed by atoms with Crippen LogP contribution in [-0.4, -0.2) is 27.2 Å². The van der Waals surface area contributed by atoms with E-state index in [1.165, 1.54) is 0 Å². The number of aromatic nitrogens is 2. The molecule has 1 heterocycles. The van der Waals surface area contributed by atoms with Crippen molar-refractivity contribution >= 4 is 11.8 Å². The number of aliphatic hydroxyl groups excluding tert-OH is 1. The van der Waals surface area contributed by atoms with E-state index in [0.29, 0.717) is 6.04 Å².